The van der Waals surface area contributed by atoms with E-state index in [1.165, 1.54) is 4.88 Å². The van der Waals surface area contributed by atoms with Gasteiger partial charge in [-0.3, -0.25) is 4.79 Å². The van der Waals surface area contributed by atoms with Gasteiger partial charge in [0, 0.05) is 22.8 Å². The van der Waals surface area contributed by atoms with Gasteiger partial charge in [0.25, 0.3) is 5.56 Å². The van der Waals surface area contributed by atoms with Crippen LogP contribution in [0.1, 0.15) is 30.2 Å². The second-order valence-corrected chi connectivity index (χ2v) is 5.30. The lowest BCUT2D eigenvalue weighted by Crippen LogP contribution is -2.15. The van der Waals surface area contributed by atoms with Gasteiger partial charge in [-0.05, 0) is 24.5 Å². The van der Waals surface area contributed by atoms with Gasteiger partial charge in [0.05, 0.1) is 5.39 Å². The number of fused-ring (bicyclic) bond motifs is 1. The molecular formula is C12H15NOS. The first kappa shape index (κ1) is 10.4. The molecule has 0 bridgehead atoms. The van der Waals surface area contributed by atoms with Crippen molar-refractivity contribution in [2.24, 2.45) is 7.05 Å². The van der Waals surface area contributed by atoms with Crippen molar-refractivity contribution in [3.05, 3.63) is 33.1 Å². The van der Waals surface area contributed by atoms with Gasteiger partial charge < -0.3 is 4.57 Å². The predicted molar refractivity (Wildman–Crippen MR) is 65.9 cm³/mol. The van der Waals surface area contributed by atoms with Crippen molar-refractivity contribution in [1.82, 2.24) is 4.57 Å². The van der Waals surface area contributed by atoms with E-state index in [0.717, 1.165) is 15.6 Å². The van der Waals surface area contributed by atoms with Gasteiger partial charge >= 0.3 is 0 Å². The van der Waals surface area contributed by atoms with Crippen molar-refractivity contribution in [2.45, 2.75) is 26.7 Å². The maximum atomic E-state index is 12.0. The fourth-order valence-corrected chi connectivity index (χ4v) is 3.11. The van der Waals surface area contributed by atoms with E-state index in [4.69, 9.17) is 0 Å². The van der Waals surface area contributed by atoms with E-state index < -0.39 is 0 Å². The fourth-order valence-electron chi connectivity index (χ4n) is 1.91. The monoisotopic (exact) mass is 221 g/mol. The molecule has 0 saturated carbocycles. The van der Waals surface area contributed by atoms with Crippen LogP contribution in [-0.2, 0) is 7.05 Å². The Hall–Kier alpha value is -1.09. The molecule has 0 spiro atoms. The first-order valence-electron chi connectivity index (χ1n) is 5.11. The molecular weight excluding hydrogens is 206 g/mol. The first-order chi connectivity index (χ1) is 7.02. The summed E-state index contributed by atoms with van der Waals surface area (Å²) in [6.45, 7) is 6.39. The summed E-state index contributed by atoms with van der Waals surface area (Å²) in [5, 5.41) is 0.897. The lowest BCUT2D eigenvalue weighted by molar-refractivity contribution is 0.868. The van der Waals surface area contributed by atoms with Gasteiger partial charge in [-0.25, -0.2) is 0 Å². The highest BCUT2D eigenvalue weighted by Gasteiger charge is 2.14. The van der Waals surface area contributed by atoms with Crippen LogP contribution in [0, 0.1) is 6.92 Å². The van der Waals surface area contributed by atoms with Crippen LogP contribution in [0.25, 0.3) is 10.1 Å². The Labute approximate surface area is 93.2 Å². The van der Waals surface area contributed by atoms with Crippen LogP contribution < -0.4 is 5.56 Å². The minimum absolute atomic E-state index is 0.119. The zero-order valence-corrected chi connectivity index (χ0v) is 10.3. The Morgan fingerprint density at radius 3 is 2.67 bits per heavy atom. The highest BCUT2D eigenvalue weighted by atomic mass is 32.1. The smallest absolute Gasteiger partial charge is 0.259 e. The number of thiophene rings is 1. The van der Waals surface area contributed by atoms with Crippen LogP contribution in [0.5, 0.6) is 0 Å². The molecule has 0 aliphatic rings. The highest BCUT2D eigenvalue weighted by molar-refractivity contribution is 7.19. The van der Waals surface area contributed by atoms with Crippen molar-refractivity contribution in [2.75, 3.05) is 0 Å². The Morgan fingerprint density at radius 1 is 1.40 bits per heavy atom. The third kappa shape index (κ3) is 1.51. The quantitative estimate of drug-likeness (QED) is 0.725. The molecule has 0 aliphatic carbocycles. The number of pyridine rings is 1. The fraction of sp³-hybridized carbons (Fsp3) is 0.417. The molecule has 2 nitrogen and oxygen atoms in total. The molecule has 2 aromatic rings. The van der Waals surface area contributed by atoms with Crippen molar-refractivity contribution in [3.8, 4) is 0 Å². The molecule has 80 valence electrons. The molecule has 3 heteroatoms. The first-order valence-corrected chi connectivity index (χ1v) is 5.92. The normalized spacial score (nSPS) is 11.5. The summed E-state index contributed by atoms with van der Waals surface area (Å²) in [6.07, 6.45) is 1.84. The van der Waals surface area contributed by atoms with Gasteiger partial charge in [0.2, 0.25) is 0 Å². The van der Waals surface area contributed by atoms with E-state index in [-0.39, 0.29) is 5.56 Å². The molecule has 0 aromatic carbocycles. The summed E-state index contributed by atoms with van der Waals surface area (Å²) >= 11 is 1.74. The van der Waals surface area contributed by atoms with Crippen molar-refractivity contribution in [1.29, 1.82) is 0 Å². The minimum atomic E-state index is 0.119. The molecule has 0 unspecified atom stereocenters. The van der Waals surface area contributed by atoms with Gasteiger partial charge in [-0.15, -0.1) is 11.3 Å². The van der Waals surface area contributed by atoms with Crippen LogP contribution in [0.3, 0.4) is 0 Å². The Balaban J connectivity index is 2.90. The van der Waals surface area contributed by atoms with Crippen molar-refractivity contribution in [3.63, 3.8) is 0 Å². The standard InChI is InChI=1S/C12H15NOS/c1-7(2)11-8(3)10-9(15-11)5-6-13(4)12(10)14/h5-7H,1-4H3. The predicted octanol–water partition coefficient (Wildman–Crippen LogP) is 3.03. The molecule has 0 radical (unpaired) electrons. The average molecular weight is 221 g/mol. The Bertz CT molecular complexity index is 563. The Morgan fingerprint density at radius 2 is 2.07 bits per heavy atom. The number of aromatic nitrogens is 1. The maximum Gasteiger partial charge on any atom is 0.259 e. The van der Waals surface area contributed by atoms with Gasteiger partial charge in [0.1, 0.15) is 0 Å². The van der Waals surface area contributed by atoms with Gasteiger partial charge in [-0.1, -0.05) is 13.8 Å². The van der Waals surface area contributed by atoms with Gasteiger partial charge in [0.15, 0.2) is 0 Å². The van der Waals surface area contributed by atoms with E-state index >= 15 is 0 Å². The maximum absolute atomic E-state index is 12.0. The number of nitrogens with zero attached hydrogens (tertiary/aromatic N) is 1. The van der Waals surface area contributed by atoms with Crippen molar-refractivity contribution >= 4 is 21.4 Å². The van der Waals surface area contributed by atoms with Crippen molar-refractivity contribution < 1.29 is 0 Å². The van der Waals surface area contributed by atoms with E-state index in [1.807, 2.05) is 12.3 Å². The summed E-state index contributed by atoms with van der Waals surface area (Å²) in [6, 6.07) is 2.03. The molecule has 0 fully saturated rings. The molecule has 0 aliphatic heterocycles. The van der Waals surface area contributed by atoms with E-state index in [0.29, 0.717) is 5.92 Å². The second kappa shape index (κ2) is 3.49. The molecule has 2 aromatic heterocycles. The topological polar surface area (TPSA) is 22.0 Å². The van der Waals surface area contributed by atoms with Crippen LogP contribution in [0.4, 0.5) is 0 Å². The third-order valence-electron chi connectivity index (χ3n) is 2.72. The molecule has 2 heterocycles. The Kier molecular flexibility index (Phi) is 2.43. The molecule has 0 saturated heterocycles. The molecule has 0 amide bonds. The number of hydrogen-bond acceptors (Lipinski definition) is 2. The lowest BCUT2D eigenvalue weighted by Gasteiger charge is -2.01. The molecule has 0 N–H and O–H groups in total. The third-order valence-corrected chi connectivity index (χ3v) is 4.28. The van der Waals surface area contributed by atoms with Crippen LogP contribution in [-0.4, -0.2) is 4.57 Å². The molecule has 2 rings (SSSR count). The van der Waals surface area contributed by atoms with E-state index in [1.54, 1.807) is 23.0 Å². The second-order valence-electron chi connectivity index (χ2n) is 4.22. The zero-order chi connectivity index (χ0) is 11.2. The summed E-state index contributed by atoms with van der Waals surface area (Å²) in [5.41, 5.74) is 1.28. The van der Waals surface area contributed by atoms with E-state index in [9.17, 15) is 4.79 Å². The van der Waals surface area contributed by atoms with Crippen LogP contribution in [0.15, 0.2) is 17.1 Å². The van der Waals surface area contributed by atoms with Crippen LogP contribution >= 0.6 is 11.3 Å². The number of rotatable bonds is 1. The van der Waals surface area contributed by atoms with Crippen LogP contribution in [0.2, 0.25) is 0 Å². The number of aryl methyl sites for hydroxylation is 2. The molecule has 0 atom stereocenters. The number of hydrogen-bond donors (Lipinski definition) is 0. The zero-order valence-electron chi connectivity index (χ0n) is 9.50. The summed E-state index contributed by atoms with van der Waals surface area (Å²) < 4.78 is 2.76. The summed E-state index contributed by atoms with van der Waals surface area (Å²) in [5.74, 6) is 0.493. The summed E-state index contributed by atoms with van der Waals surface area (Å²) in [7, 11) is 1.80. The lowest BCUT2D eigenvalue weighted by atomic mass is 10.1. The SMILES string of the molecule is Cc1c(C(C)C)sc2ccn(C)c(=O)c12. The molecule has 15 heavy (non-hydrogen) atoms. The van der Waals surface area contributed by atoms with Gasteiger partial charge in [-0.2, -0.15) is 0 Å². The largest absolute Gasteiger partial charge is 0.318 e. The minimum Gasteiger partial charge on any atom is -0.318 e. The average Bonchev–Trinajstić information content (AvgIpc) is 2.50. The van der Waals surface area contributed by atoms with E-state index in [2.05, 4.69) is 20.8 Å². The summed E-state index contributed by atoms with van der Waals surface area (Å²) in [4.78, 5) is 13.3. The highest BCUT2D eigenvalue weighted by Crippen LogP contribution is 2.33.